The topological polar surface area (TPSA) is 78.9 Å². The molecule has 1 heterocycles. The number of carboxylic acid groups (broad SMARTS) is 1. The van der Waals surface area contributed by atoms with E-state index in [1.54, 1.807) is 23.1 Å². The zero-order chi connectivity index (χ0) is 21.8. The van der Waals surface area contributed by atoms with Crippen LogP contribution in [0, 0.1) is 0 Å². The van der Waals surface area contributed by atoms with Gasteiger partial charge in [-0.1, -0.05) is 66.2 Å². The van der Waals surface area contributed by atoms with E-state index in [4.69, 9.17) is 21.4 Å². The van der Waals surface area contributed by atoms with E-state index in [9.17, 15) is 9.59 Å². The number of halogens is 1. The number of nitrogens with zero attached hydrogens (tertiary/aromatic N) is 1. The summed E-state index contributed by atoms with van der Waals surface area (Å²) in [6.07, 6.45) is 0. The van der Waals surface area contributed by atoms with Gasteiger partial charge in [0.25, 0.3) is 0 Å². The molecule has 31 heavy (non-hydrogen) atoms. The maximum absolute atomic E-state index is 13.2. The van der Waals surface area contributed by atoms with Gasteiger partial charge < -0.3 is 20.1 Å². The van der Waals surface area contributed by atoms with Gasteiger partial charge in [-0.05, 0) is 34.9 Å². The summed E-state index contributed by atoms with van der Waals surface area (Å²) in [6.45, 7) is 0.340. The number of aliphatic carboxylic acids is 1. The predicted octanol–water partition coefficient (Wildman–Crippen LogP) is 4.62. The first-order chi connectivity index (χ1) is 15.0. The van der Waals surface area contributed by atoms with Gasteiger partial charge in [0.2, 0.25) is 0 Å². The van der Waals surface area contributed by atoms with Crippen LogP contribution in [0.15, 0.2) is 72.8 Å². The van der Waals surface area contributed by atoms with Crippen molar-refractivity contribution in [2.45, 2.75) is 19.1 Å². The lowest BCUT2D eigenvalue weighted by atomic mass is 9.97. The van der Waals surface area contributed by atoms with Gasteiger partial charge in [0.05, 0.1) is 6.04 Å². The number of carboxylic acids is 1. The second kappa shape index (κ2) is 9.10. The van der Waals surface area contributed by atoms with Crippen molar-refractivity contribution in [3.63, 3.8) is 0 Å². The molecule has 0 bridgehead atoms. The lowest BCUT2D eigenvalue weighted by Crippen LogP contribution is -2.39. The highest BCUT2D eigenvalue weighted by molar-refractivity contribution is 6.30. The normalized spacial score (nSPS) is 14.7. The SMILES string of the molecule is O=C(O)COc1ccc(Cl)cc1C1c2ccccc2CN1C(=O)NCc1ccccc1. The van der Waals surface area contributed by atoms with Crippen molar-refractivity contribution in [3.8, 4) is 5.75 Å². The van der Waals surface area contributed by atoms with Crippen molar-refractivity contribution in [2.75, 3.05) is 6.61 Å². The molecule has 0 fully saturated rings. The Morgan fingerprint density at radius 1 is 1.03 bits per heavy atom. The number of carbonyl (C=O) groups is 2. The van der Waals surface area contributed by atoms with Crippen LogP contribution in [-0.2, 0) is 17.9 Å². The molecule has 2 amide bonds. The summed E-state index contributed by atoms with van der Waals surface area (Å²) in [5, 5.41) is 12.5. The highest BCUT2D eigenvalue weighted by Crippen LogP contribution is 2.42. The number of rotatable bonds is 6. The summed E-state index contributed by atoms with van der Waals surface area (Å²) >= 11 is 6.26. The van der Waals surface area contributed by atoms with Crippen LogP contribution in [0.1, 0.15) is 28.3 Å². The molecule has 3 aromatic rings. The van der Waals surface area contributed by atoms with Crippen molar-refractivity contribution >= 4 is 23.6 Å². The third-order valence-corrected chi connectivity index (χ3v) is 5.40. The van der Waals surface area contributed by atoms with Crippen LogP contribution < -0.4 is 10.1 Å². The van der Waals surface area contributed by atoms with Crippen LogP contribution >= 0.6 is 11.6 Å². The molecule has 1 unspecified atom stereocenters. The molecule has 0 aliphatic carbocycles. The number of fused-ring (bicyclic) bond motifs is 1. The number of urea groups is 1. The second-order valence-electron chi connectivity index (χ2n) is 7.24. The largest absolute Gasteiger partial charge is 0.482 e. The van der Waals surface area contributed by atoms with Gasteiger partial charge in [-0.2, -0.15) is 0 Å². The molecule has 0 saturated carbocycles. The molecule has 1 atom stereocenters. The van der Waals surface area contributed by atoms with E-state index >= 15 is 0 Å². The fraction of sp³-hybridized carbons (Fsp3) is 0.167. The summed E-state index contributed by atoms with van der Waals surface area (Å²) in [5.41, 5.74) is 3.62. The lowest BCUT2D eigenvalue weighted by Gasteiger charge is -2.27. The Hall–Kier alpha value is -3.51. The first-order valence-corrected chi connectivity index (χ1v) is 10.2. The zero-order valence-corrected chi connectivity index (χ0v) is 17.4. The van der Waals surface area contributed by atoms with Crippen LogP contribution in [0.4, 0.5) is 4.79 Å². The summed E-state index contributed by atoms with van der Waals surface area (Å²) in [5.74, 6) is -0.695. The van der Waals surface area contributed by atoms with Gasteiger partial charge >= 0.3 is 12.0 Å². The van der Waals surface area contributed by atoms with Crippen molar-refractivity contribution in [2.24, 2.45) is 0 Å². The molecule has 0 spiro atoms. The molecule has 4 rings (SSSR count). The molecule has 6 nitrogen and oxygen atoms in total. The van der Waals surface area contributed by atoms with Crippen LogP contribution in [0.5, 0.6) is 5.75 Å². The Morgan fingerprint density at radius 2 is 1.77 bits per heavy atom. The summed E-state index contributed by atoms with van der Waals surface area (Å²) in [6, 6.07) is 21.8. The standard InChI is InChI=1S/C24H21ClN2O4/c25-18-10-11-21(31-15-22(28)29)20(12-18)23-19-9-5-4-8-17(19)14-27(23)24(30)26-13-16-6-2-1-3-7-16/h1-12,23H,13-15H2,(H,26,30)(H,28,29). The van der Waals surface area contributed by atoms with Crippen molar-refractivity contribution in [3.05, 3.63) is 100 Å². The highest BCUT2D eigenvalue weighted by Gasteiger charge is 2.36. The number of nitrogens with one attached hydrogen (secondary N) is 1. The minimum absolute atomic E-state index is 0.228. The predicted molar refractivity (Wildman–Crippen MR) is 117 cm³/mol. The van der Waals surface area contributed by atoms with Gasteiger partial charge in [0.15, 0.2) is 6.61 Å². The Balaban J connectivity index is 1.66. The molecule has 158 valence electrons. The number of amides is 2. The smallest absolute Gasteiger partial charge is 0.341 e. The molecule has 3 aromatic carbocycles. The van der Waals surface area contributed by atoms with Crippen molar-refractivity contribution < 1.29 is 19.4 Å². The van der Waals surface area contributed by atoms with Gasteiger partial charge in [0, 0.05) is 23.7 Å². The maximum Gasteiger partial charge on any atom is 0.341 e. The molecule has 0 saturated heterocycles. The van der Waals surface area contributed by atoms with Crippen LogP contribution in [0.3, 0.4) is 0 Å². The molecule has 1 aliphatic rings. The quantitative estimate of drug-likeness (QED) is 0.591. The third-order valence-electron chi connectivity index (χ3n) is 5.17. The minimum Gasteiger partial charge on any atom is -0.482 e. The second-order valence-corrected chi connectivity index (χ2v) is 7.67. The van der Waals surface area contributed by atoms with E-state index in [0.29, 0.717) is 29.4 Å². The zero-order valence-electron chi connectivity index (χ0n) is 16.6. The maximum atomic E-state index is 13.2. The van der Waals surface area contributed by atoms with E-state index in [-0.39, 0.29) is 6.03 Å². The molecular weight excluding hydrogens is 416 g/mol. The summed E-state index contributed by atoms with van der Waals surface area (Å²) < 4.78 is 5.52. The number of hydrogen-bond donors (Lipinski definition) is 2. The van der Waals surface area contributed by atoms with Gasteiger partial charge in [-0.3, -0.25) is 0 Å². The molecule has 0 aromatic heterocycles. The molecule has 1 aliphatic heterocycles. The monoisotopic (exact) mass is 436 g/mol. The first-order valence-electron chi connectivity index (χ1n) is 9.83. The number of ether oxygens (including phenoxy) is 1. The minimum atomic E-state index is -1.08. The summed E-state index contributed by atoms with van der Waals surface area (Å²) in [4.78, 5) is 25.9. The number of hydrogen-bond acceptors (Lipinski definition) is 3. The molecule has 7 heteroatoms. The van der Waals surface area contributed by atoms with E-state index in [2.05, 4.69) is 5.32 Å². The van der Waals surface area contributed by atoms with Crippen LogP contribution in [0.2, 0.25) is 5.02 Å². The average molecular weight is 437 g/mol. The van der Waals surface area contributed by atoms with Crippen LogP contribution in [-0.4, -0.2) is 28.6 Å². The molecular formula is C24H21ClN2O4. The highest BCUT2D eigenvalue weighted by atomic mass is 35.5. The van der Waals surface area contributed by atoms with Gasteiger partial charge in [0.1, 0.15) is 5.75 Å². The van der Waals surface area contributed by atoms with Gasteiger partial charge in [-0.25, -0.2) is 9.59 Å². The van der Waals surface area contributed by atoms with Crippen molar-refractivity contribution in [1.82, 2.24) is 10.2 Å². The fourth-order valence-corrected chi connectivity index (χ4v) is 3.97. The molecule has 2 N–H and O–H groups in total. The van der Waals surface area contributed by atoms with E-state index in [1.807, 2.05) is 54.6 Å². The summed E-state index contributed by atoms with van der Waals surface area (Å²) in [7, 11) is 0. The van der Waals surface area contributed by atoms with E-state index in [0.717, 1.165) is 16.7 Å². The Kier molecular flexibility index (Phi) is 6.09. The van der Waals surface area contributed by atoms with E-state index in [1.165, 1.54) is 0 Å². The van der Waals surface area contributed by atoms with Crippen LogP contribution in [0.25, 0.3) is 0 Å². The Labute approximate surface area is 185 Å². The Bertz CT molecular complexity index is 1100. The third kappa shape index (κ3) is 4.64. The first kappa shape index (κ1) is 20.8. The number of benzene rings is 3. The lowest BCUT2D eigenvalue weighted by molar-refractivity contribution is -0.139. The van der Waals surface area contributed by atoms with Gasteiger partial charge in [-0.15, -0.1) is 0 Å². The van der Waals surface area contributed by atoms with E-state index < -0.39 is 18.6 Å². The Morgan fingerprint density at radius 3 is 2.55 bits per heavy atom. The number of carbonyl (C=O) groups excluding carboxylic acids is 1. The molecule has 0 radical (unpaired) electrons. The average Bonchev–Trinajstić information content (AvgIpc) is 3.17. The fourth-order valence-electron chi connectivity index (χ4n) is 3.79. The van der Waals surface area contributed by atoms with Crippen molar-refractivity contribution in [1.29, 1.82) is 0 Å².